The molecule has 0 bridgehead atoms. The summed E-state index contributed by atoms with van der Waals surface area (Å²) in [6.45, 7) is 3.95. The van der Waals surface area contributed by atoms with Crippen LogP contribution in [0, 0.1) is 6.92 Å². The highest BCUT2D eigenvalue weighted by atomic mass is 16.3. The molecule has 2 N–H and O–H groups in total. The van der Waals surface area contributed by atoms with Crippen LogP contribution in [0.5, 0.6) is 0 Å². The minimum Gasteiger partial charge on any atom is -0.393 e. The van der Waals surface area contributed by atoms with Gasteiger partial charge in [0.15, 0.2) is 5.82 Å². The first-order chi connectivity index (χ1) is 9.59. The Hall–Kier alpha value is -2.21. The number of amides is 1. The molecule has 20 heavy (non-hydrogen) atoms. The van der Waals surface area contributed by atoms with Crippen LogP contribution in [0.3, 0.4) is 0 Å². The van der Waals surface area contributed by atoms with Crippen LogP contribution < -0.4 is 5.32 Å². The molecule has 0 aromatic carbocycles. The largest absolute Gasteiger partial charge is 0.393 e. The molecule has 0 aliphatic carbocycles. The van der Waals surface area contributed by atoms with E-state index in [4.69, 9.17) is 5.11 Å². The fourth-order valence-electron chi connectivity index (χ4n) is 1.83. The number of rotatable bonds is 5. The lowest BCUT2D eigenvalue weighted by atomic mass is 10.2. The van der Waals surface area contributed by atoms with Crippen molar-refractivity contribution in [1.29, 1.82) is 0 Å². The highest BCUT2D eigenvalue weighted by Gasteiger charge is 2.15. The normalized spacial score (nSPS) is 12.2. The van der Waals surface area contributed by atoms with Crippen molar-refractivity contribution in [3.63, 3.8) is 0 Å². The maximum absolute atomic E-state index is 12.0. The van der Waals surface area contributed by atoms with Crippen molar-refractivity contribution >= 4 is 5.91 Å². The first-order valence-electron chi connectivity index (χ1n) is 6.52. The Bertz CT molecular complexity index is 578. The van der Waals surface area contributed by atoms with Crippen LogP contribution in [-0.4, -0.2) is 38.4 Å². The Kier molecular flexibility index (Phi) is 4.47. The zero-order chi connectivity index (χ0) is 14.5. The van der Waals surface area contributed by atoms with Crippen molar-refractivity contribution in [3.05, 3.63) is 41.9 Å². The van der Waals surface area contributed by atoms with Crippen LogP contribution in [0.4, 0.5) is 0 Å². The number of carbonyl (C=O) groups is 1. The van der Waals surface area contributed by atoms with Gasteiger partial charge in [-0.15, -0.1) is 0 Å². The minimum atomic E-state index is -0.423. The van der Waals surface area contributed by atoms with Crippen molar-refractivity contribution in [2.24, 2.45) is 0 Å². The summed E-state index contributed by atoms with van der Waals surface area (Å²) in [6.07, 6.45) is 3.31. The molecule has 0 saturated carbocycles. The molecule has 2 aromatic rings. The average molecular weight is 274 g/mol. The minimum absolute atomic E-state index is 0.190. The highest BCUT2D eigenvalue weighted by molar-refractivity contribution is 5.95. The van der Waals surface area contributed by atoms with E-state index in [9.17, 15) is 4.79 Å². The van der Waals surface area contributed by atoms with Crippen molar-refractivity contribution in [3.8, 4) is 5.82 Å². The Morgan fingerprint density at radius 3 is 2.95 bits per heavy atom. The zero-order valence-corrected chi connectivity index (χ0v) is 11.6. The second-order valence-corrected chi connectivity index (χ2v) is 4.64. The van der Waals surface area contributed by atoms with Crippen molar-refractivity contribution in [2.45, 2.75) is 26.4 Å². The molecular weight excluding hydrogens is 256 g/mol. The van der Waals surface area contributed by atoms with E-state index >= 15 is 0 Å². The fraction of sp³-hybridized carbons (Fsp3) is 0.357. The van der Waals surface area contributed by atoms with E-state index in [2.05, 4.69) is 15.4 Å². The van der Waals surface area contributed by atoms with Crippen molar-refractivity contribution in [1.82, 2.24) is 20.1 Å². The maximum atomic E-state index is 12.0. The Morgan fingerprint density at radius 1 is 1.50 bits per heavy atom. The van der Waals surface area contributed by atoms with E-state index in [-0.39, 0.29) is 5.91 Å². The van der Waals surface area contributed by atoms with Crippen LogP contribution in [0.25, 0.3) is 5.82 Å². The Labute approximate surface area is 117 Å². The van der Waals surface area contributed by atoms with E-state index in [0.29, 0.717) is 24.3 Å². The number of pyridine rings is 1. The summed E-state index contributed by atoms with van der Waals surface area (Å²) in [6, 6.07) is 5.52. The molecule has 0 spiro atoms. The van der Waals surface area contributed by atoms with Gasteiger partial charge in [0, 0.05) is 12.7 Å². The van der Waals surface area contributed by atoms with E-state index in [1.807, 2.05) is 25.1 Å². The average Bonchev–Trinajstić information content (AvgIpc) is 2.81. The third kappa shape index (κ3) is 3.21. The molecule has 0 aliphatic heterocycles. The molecule has 0 fully saturated rings. The van der Waals surface area contributed by atoms with E-state index in [1.54, 1.807) is 17.8 Å². The van der Waals surface area contributed by atoms with Gasteiger partial charge < -0.3 is 10.4 Å². The van der Waals surface area contributed by atoms with Crippen LogP contribution in [0.15, 0.2) is 30.6 Å². The number of aliphatic hydroxyl groups excluding tert-OH is 1. The van der Waals surface area contributed by atoms with Gasteiger partial charge in [0.05, 0.1) is 23.6 Å². The summed E-state index contributed by atoms with van der Waals surface area (Å²) in [5, 5.41) is 16.1. The van der Waals surface area contributed by atoms with Gasteiger partial charge in [-0.2, -0.15) is 5.10 Å². The number of aliphatic hydroxyl groups is 1. The Balaban J connectivity index is 2.11. The molecule has 6 heteroatoms. The fourth-order valence-corrected chi connectivity index (χ4v) is 1.83. The predicted octanol–water partition coefficient (Wildman–Crippen LogP) is 1.08. The second kappa shape index (κ2) is 6.29. The standard InChI is InChI=1S/C14H18N4O2/c1-10(19)6-8-16-14(20)12-9-17-18(11(12)2)13-5-3-4-7-15-13/h3-5,7,9-10,19H,6,8H2,1-2H3,(H,16,20). The molecule has 6 nitrogen and oxygen atoms in total. The molecule has 0 aliphatic rings. The molecular formula is C14H18N4O2. The number of nitrogens with one attached hydrogen (secondary N) is 1. The summed E-state index contributed by atoms with van der Waals surface area (Å²) >= 11 is 0. The second-order valence-electron chi connectivity index (χ2n) is 4.64. The quantitative estimate of drug-likeness (QED) is 0.855. The highest BCUT2D eigenvalue weighted by Crippen LogP contribution is 2.11. The molecule has 0 saturated heterocycles. The van der Waals surface area contributed by atoms with Gasteiger partial charge in [-0.05, 0) is 32.4 Å². The summed E-state index contributed by atoms with van der Waals surface area (Å²) < 4.78 is 1.63. The van der Waals surface area contributed by atoms with Gasteiger partial charge in [-0.25, -0.2) is 9.67 Å². The monoisotopic (exact) mass is 274 g/mol. The van der Waals surface area contributed by atoms with Gasteiger partial charge in [-0.3, -0.25) is 4.79 Å². The van der Waals surface area contributed by atoms with E-state index in [1.165, 1.54) is 6.20 Å². The first kappa shape index (κ1) is 14.2. The Morgan fingerprint density at radius 2 is 2.30 bits per heavy atom. The van der Waals surface area contributed by atoms with Crippen LogP contribution in [0.2, 0.25) is 0 Å². The third-order valence-electron chi connectivity index (χ3n) is 2.97. The summed E-state index contributed by atoms with van der Waals surface area (Å²) in [5.74, 6) is 0.485. The van der Waals surface area contributed by atoms with Gasteiger partial charge >= 0.3 is 0 Å². The lowest BCUT2D eigenvalue weighted by Crippen LogP contribution is -2.26. The third-order valence-corrected chi connectivity index (χ3v) is 2.97. The molecule has 0 radical (unpaired) electrons. The molecule has 2 aromatic heterocycles. The lowest BCUT2D eigenvalue weighted by Gasteiger charge is -2.07. The summed E-state index contributed by atoms with van der Waals surface area (Å²) in [4.78, 5) is 16.2. The van der Waals surface area contributed by atoms with Gasteiger partial charge in [-0.1, -0.05) is 6.07 Å². The van der Waals surface area contributed by atoms with Crippen LogP contribution in [0.1, 0.15) is 29.4 Å². The topological polar surface area (TPSA) is 80.0 Å². The first-order valence-corrected chi connectivity index (χ1v) is 6.52. The summed E-state index contributed by atoms with van der Waals surface area (Å²) in [5.41, 5.74) is 1.25. The van der Waals surface area contributed by atoms with E-state index < -0.39 is 6.10 Å². The molecule has 1 atom stereocenters. The zero-order valence-electron chi connectivity index (χ0n) is 11.6. The van der Waals surface area contributed by atoms with Crippen molar-refractivity contribution in [2.75, 3.05) is 6.54 Å². The molecule has 2 heterocycles. The lowest BCUT2D eigenvalue weighted by molar-refractivity contribution is 0.0945. The van der Waals surface area contributed by atoms with Gasteiger partial charge in [0.1, 0.15) is 0 Å². The van der Waals surface area contributed by atoms with Gasteiger partial charge in [0.25, 0.3) is 5.91 Å². The van der Waals surface area contributed by atoms with Gasteiger partial charge in [0.2, 0.25) is 0 Å². The molecule has 1 amide bonds. The SMILES string of the molecule is Cc1c(C(=O)NCCC(C)O)cnn1-c1ccccn1. The number of hydrogen-bond donors (Lipinski definition) is 2. The number of carbonyl (C=O) groups excluding carboxylic acids is 1. The number of hydrogen-bond acceptors (Lipinski definition) is 4. The van der Waals surface area contributed by atoms with Crippen LogP contribution in [-0.2, 0) is 0 Å². The predicted molar refractivity (Wildman–Crippen MR) is 74.7 cm³/mol. The summed E-state index contributed by atoms with van der Waals surface area (Å²) in [7, 11) is 0. The van der Waals surface area contributed by atoms with Crippen molar-refractivity contribution < 1.29 is 9.90 Å². The molecule has 2 rings (SSSR count). The smallest absolute Gasteiger partial charge is 0.254 e. The number of nitrogens with zero attached hydrogens (tertiary/aromatic N) is 3. The van der Waals surface area contributed by atoms with E-state index in [0.717, 1.165) is 5.69 Å². The van der Waals surface area contributed by atoms with Crippen LogP contribution >= 0.6 is 0 Å². The molecule has 106 valence electrons. The number of aromatic nitrogens is 3. The molecule has 1 unspecified atom stereocenters. The maximum Gasteiger partial charge on any atom is 0.254 e.